The summed E-state index contributed by atoms with van der Waals surface area (Å²) in [7, 11) is 0. The quantitative estimate of drug-likeness (QED) is 0.912. The van der Waals surface area contributed by atoms with Crippen LogP contribution in [0, 0.1) is 0 Å². The van der Waals surface area contributed by atoms with Gasteiger partial charge in [-0.2, -0.15) is 0 Å². The van der Waals surface area contributed by atoms with Crippen LogP contribution in [0.5, 0.6) is 5.75 Å². The molecule has 0 heterocycles. The maximum absolute atomic E-state index is 12.7. The lowest BCUT2D eigenvalue weighted by molar-refractivity contribution is -0.123. The molecule has 3 heteroatoms. The maximum atomic E-state index is 12.7. The monoisotopic (exact) mass is 309 g/mol. The lowest BCUT2D eigenvalue weighted by atomic mass is 9.82. The number of ether oxygens (including phenoxy) is 1. The summed E-state index contributed by atoms with van der Waals surface area (Å²) in [5.41, 5.74) is 3.52. The Labute approximate surface area is 137 Å². The van der Waals surface area contributed by atoms with Gasteiger partial charge in [0.05, 0.1) is 12.5 Å². The zero-order valence-electron chi connectivity index (χ0n) is 13.5. The normalized spacial score (nSPS) is 16.5. The van der Waals surface area contributed by atoms with E-state index in [1.54, 1.807) is 0 Å². The highest BCUT2D eigenvalue weighted by atomic mass is 16.5. The Morgan fingerprint density at radius 1 is 1.17 bits per heavy atom. The molecule has 120 valence electrons. The van der Waals surface area contributed by atoms with Gasteiger partial charge in [0.2, 0.25) is 5.91 Å². The summed E-state index contributed by atoms with van der Waals surface area (Å²) < 4.78 is 5.62. The van der Waals surface area contributed by atoms with E-state index in [9.17, 15) is 4.79 Å². The molecule has 1 N–H and O–H groups in total. The summed E-state index contributed by atoms with van der Waals surface area (Å²) in [5, 5.41) is 3.09. The average Bonchev–Trinajstić information content (AvgIpc) is 2.60. The smallest absolute Gasteiger partial charge is 0.227 e. The van der Waals surface area contributed by atoms with E-state index in [0.29, 0.717) is 13.2 Å². The van der Waals surface area contributed by atoms with Gasteiger partial charge in [-0.1, -0.05) is 42.5 Å². The molecule has 0 radical (unpaired) electrons. The van der Waals surface area contributed by atoms with E-state index in [-0.39, 0.29) is 11.8 Å². The highest BCUT2D eigenvalue weighted by molar-refractivity contribution is 5.84. The molecular formula is C20H23NO2. The molecule has 0 saturated heterocycles. The Morgan fingerprint density at radius 3 is 2.83 bits per heavy atom. The molecule has 0 aromatic heterocycles. The van der Waals surface area contributed by atoms with Crippen LogP contribution in [0.25, 0.3) is 0 Å². The van der Waals surface area contributed by atoms with E-state index < -0.39 is 0 Å². The number of rotatable bonds is 5. The van der Waals surface area contributed by atoms with Crippen LogP contribution in [0.3, 0.4) is 0 Å². The molecular weight excluding hydrogens is 286 g/mol. The zero-order chi connectivity index (χ0) is 16.1. The third-order valence-electron chi connectivity index (χ3n) is 4.41. The average molecular weight is 309 g/mol. The molecule has 1 aliphatic rings. The fourth-order valence-electron chi connectivity index (χ4n) is 3.28. The number of carbonyl (C=O) groups excluding carboxylic acids is 1. The van der Waals surface area contributed by atoms with Crippen molar-refractivity contribution in [2.45, 2.75) is 38.6 Å². The Hall–Kier alpha value is -2.29. The maximum Gasteiger partial charge on any atom is 0.227 e. The topological polar surface area (TPSA) is 38.3 Å². The molecule has 0 fully saturated rings. The fraction of sp³-hybridized carbons (Fsp3) is 0.350. The highest BCUT2D eigenvalue weighted by Gasteiger charge is 2.25. The van der Waals surface area contributed by atoms with Crippen molar-refractivity contribution in [2.24, 2.45) is 0 Å². The standard InChI is InChI=1S/C20H23NO2/c1-2-23-19-13-6-4-9-16(19)14-21-20(22)18-12-7-10-15-8-3-5-11-17(15)18/h3-6,8-9,11,13,18H,2,7,10,12,14H2,1H3,(H,21,22). The van der Waals surface area contributed by atoms with Gasteiger partial charge in [-0.3, -0.25) is 4.79 Å². The number of para-hydroxylation sites is 1. The molecule has 2 aromatic rings. The lowest BCUT2D eigenvalue weighted by Gasteiger charge is -2.24. The van der Waals surface area contributed by atoms with Crippen molar-refractivity contribution in [1.82, 2.24) is 5.32 Å². The van der Waals surface area contributed by atoms with Gasteiger partial charge in [0, 0.05) is 12.1 Å². The fourth-order valence-corrected chi connectivity index (χ4v) is 3.28. The summed E-state index contributed by atoms with van der Waals surface area (Å²) >= 11 is 0. The molecule has 1 aliphatic carbocycles. The molecule has 0 saturated carbocycles. The van der Waals surface area contributed by atoms with Crippen molar-refractivity contribution >= 4 is 5.91 Å². The van der Waals surface area contributed by atoms with Crippen molar-refractivity contribution < 1.29 is 9.53 Å². The molecule has 1 amide bonds. The number of fused-ring (bicyclic) bond motifs is 1. The number of carbonyl (C=O) groups is 1. The number of benzene rings is 2. The van der Waals surface area contributed by atoms with Crippen molar-refractivity contribution in [2.75, 3.05) is 6.61 Å². The number of aryl methyl sites for hydroxylation is 1. The first kappa shape index (κ1) is 15.6. The van der Waals surface area contributed by atoms with Crippen LogP contribution < -0.4 is 10.1 Å². The molecule has 1 unspecified atom stereocenters. The second-order valence-electron chi connectivity index (χ2n) is 5.90. The zero-order valence-corrected chi connectivity index (χ0v) is 13.5. The largest absolute Gasteiger partial charge is 0.494 e. The molecule has 0 bridgehead atoms. The Morgan fingerprint density at radius 2 is 1.96 bits per heavy atom. The van der Waals surface area contributed by atoms with Crippen molar-refractivity contribution in [3.05, 3.63) is 65.2 Å². The van der Waals surface area contributed by atoms with Gasteiger partial charge in [-0.25, -0.2) is 0 Å². The van der Waals surface area contributed by atoms with Gasteiger partial charge in [0.15, 0.2) is 0 Å². The second kappa shape index (κ2) is 7.32. The second-order valence-corrected chi connectivity index (χ2v) is 5.90. The summed E-state index contributed by atoms with van der Waals surface area (Å²) in [5.74, 6) is 0.932. The van der Waals surface area contributed by atoms with Crippen LogP contribution in [-0.4, -0.2) is 12.5 Å². The number of amides is 1. The SMILES string of the molecule is CCOc1ccccc1CNC(=O)C1CCCc2ccccc21. The van der Waals surface area contributed by atoms with Gasteiger partial charge in [0.1, 0.15) is 5.75 Å². The lowest BCUT2D eigenvalue weighted by Crippen LogP contribution is -2.31. The number of hydrogen-bond donors (Lipinski definition) is 1. The summed E-state index contributed by atoms with van der Waals surface area (Å²) in [4.78, 5) is 12.7. The molecule has 3 nitrogen and oxygen atoms in total. The number of hydrogen-bond acceptors (Lipinski definition) is 2. The molecule has 1 atom stereocenters. The minimum absolute atomic E-state index is 0.0285. The first-order valence-corrected chi connectivity index (χ1v) is 8.35. The van der Waals surface area contributed by atoms with Gasteiger partial charge >= 0.3 is 0 Å². The predicted octanol–water partition coefficient (Wildman–Crippen LogP) is 3.82. The summed E-state index contributed by atoms with van der Waals surface area (Å²) in [6, 6.07) is 16.2. The first-order chi connectivity index (χ1) is 11.3. The van der Waals surface area contributed by atoms with E-state index in [0.717, 1.165) is 30.6 Å². The molecule has 23 heavy (non-hydrogen) atoms. The summed E-state index contributed by atoms with van der Waals surface area (Å²) in [6.07, 6.45) is 3.08. The van der Waals surface area contributed by atoms with E-state index in [1.807, 2.05) is 37.3 Å². The van der Waals surface area contributed by atoms with Gasteiger partial charge < -0.3 is 10.1 Å². The Kier molecular flexibility index (Phi) is 4.96. The van der Waals surface area contributed by atoms with Crippen LogP contribution in [0.1, 0.15) is 42.4 Å². The molecule has 2 aromatic carbocycles. The van der Waals surface area contributed by atoms with Crippen LogP contribution in [0.2, 0.25) is 0 Å². The Bertz CT molecular complexity index is 681. The predicted molar refractivity (Wildman–Crippen MR) is 91.6 cm³/mol. The van der Waals surface area contributed by atoms with E-state index in [2.05, 4.69) is 23.5 Å². The molecule has 0 aliphatic heterocycles. The number of nitrogens with one attached hydrogen (secondary N) is 1. The van der Waals surface area contributed by atoms with E-state index >= 15 is 0 Å². The minimum atomic E-state index is -0.0285. The minimum Gasteiger partial charge on any atom is -0.494 e. The van der Waals surface area contributed by atoms with Crippen LogP contribution in [0.15, 0.2) is 48.5 Å². The van der Waals surface area contributed by atoms with Gasteiger partial charge in [-0.15, -0.1) is 0 Å². The first-order valence-electron chi connectivity index (χ1n) is 8.35. The van der Waals surface area contributed by atoms with Gasteiger partial charge in [-0.05, 0) is 43.4 Å². The third kappa shape index (κ3) is 3.55. The molecule has 3 rings (SSSR count). The van der Waals surface area contributed by atoms with Gasteiger partial charge in [0.25, 0.3) is 0 Å². The third-order valence-corrected chi connectivity index (χ3v) is 4.41. The van der Waals surface area contributed by atoms with E-state index in [4.69, 9.17) is 4.74 Å². The Balaban J connectivity index is 1.69. The summed E-state index contributed by atoms with van der Waals surface area (Å²) in [6.45, 7) is 3.10. The van der Waals surface area contributed by atoms with Crippen molar-refractivity contribution in [1.29, 1.82) is 0 Å². The van der Waals surface area contributed by atoms with Crippen LogP contribution in [-0.2, 0) is 17.8 Å². The molecule has 0 spiro atoms. The van der Waals surface area contributed by atoms with Crippen LogP contribution >= 0.6 is 0 Å². The van der Waals surface area contributed by atoms with E-state index in [1.165, 1.54) is 11.1 Å². The van der Waals surface area contributed by atoms with Crippen molar-refractivity contribution in [3.63, 3.8) is 0 Å². The van der Waals surface area contributed by atoms with Crippen molar-refractivity contribution in [3.8, 4) is 5.75 Å². The highest BCUT2D eigenvalue weighted by Crippen LogP contribution is 2.31. The van der Waals surface area contributed by atoms with Crippen LogP contribution in [0.4, 0.5) is 0 Å².